The highest BCUT2D eigenvalue weighted by atomic mass is 16.1. The lowest BCUT2D eigenvalue weighted by atomic mass is 9.92. The maximum atomic E-state index is 10.7. The van der Waals surface area contributed by atoms with Crippen molar-refractivity contribution < 1.29 is 4.79 Å². The van der Waals surface area contributed by atoms with Gasteiger partial charge in [0.2, 0.25) is 5.91 Å². The maximum Gasteiger partial charge on any atom is 0.237 e. The van der Waals surface area contributed by atoms with Crippen molar-refractivity contribution >= 4 is 5.91 Å². The van der Waals surface area contributed by atoms with Crippen LogP contribution >= 0.6 is 0 Å². The first-order chi connectivity index (χ1) is 4.86. The Morgan fingerprint density at radius 3 is 2.27 bits per heavy atom. The van der Waals surface area contributed by atoms with E-state index in [1.54, 1.807) is 6.92 Å². The molecule has 0 heterocycles. The van der Waals surface area contributed by atoms with Gasteiger partial charge in [0.05, 0.1) is 5.54 Å². The first-order valence-corrected chi connectivity index (χ1v) is 3.95. The Labute approximate surface area is 68.1 Å². The minimum absolute atomic E-state index is 0.418. The Balaban J connectivity index is 3.83. The SMILES string of the molecule is CC(C)CC[C@](C)(N)C(N)=O. The summed E-state index contributed by atoms with van der Waals surface area (Å²) in [5.41, 5.74) is 9.90. The number of carbonyl (C=O) groups excluding carboxylic acids is 1. The molecule has 0 aliphatic carbocycles. The molecule has 0 aliphatic heterocycles. The van der Waals surface area contributed by atoms with Crippen molar-refractivity contribution in [3.05, 3.63) is 0 Å². The molecule has 1 atom stereocenters. The number of carbonyl (C=O) groups is 1. The van der Waals surface area contributed by atoms with Gasteiger partial charge in [-0.25, -0.2) is 0 Å². The summed E-state index contributed by atoms with van der Waals surface area (Å²) >= 11 is 0. The predicted molar refractivity (Wildman–Crippen MR) is 45.9 cm³/mol. The van der Waals surface area contributed by atoms with Crippen molar-refractivity contribution in [3.63, 3.8) is 0 Å². The van der Waals surface area contributed by atoms with Crippen LogP contribution < -0.4 is 11.5 Å². The third-order valence-corrected chi connectivity index (χ3v) is 1.80. The Hall–Kier alpha value is -0.570. The molecule has 0 aliphatic rings. The fraction of sp³-hybridized carbons (Fsp3) is 0.875. The van der Waals surface area contributed by atoms with Crippen LogP contribution in [0.4, 0.5) is 0 Å². The van der Waals surface area contributed by atoms with E-state index >= 15 is 0 Å². The van der Waals surface area contributed by atoms with E-state index in [0.29, 0.717) is 12.3 Å². The number of nitrogens with two attached hydrogens (primary N) is 2. The summed E-state index contributed by atoms with van der Waals surface area (Å²) in [4.78, 5) is 10.7. The minimum atomic E-state index is -0.829. The zero-order valence-corrected chi connectivity index (χ0v) is 7.55. The summed E-state index contributed by atoms with van der Waals surface area (Å²) in [6.07, 6.45) is 1.61. The number of amides is 1. The smallest absolute Gasteiger partial charge is 0.237 e. The quantitative estimate of drug-likeness (QED) is 0.630. The highest BCUT2D eigenvalue weighted by Gasteiger charge is 2.24. The summed E-state index contributed by atoms with van der Waals surface area (Å²) in [6, 6.07) is 0. The molecule has 0 bridgehead atoms. The van der Waals surface area contributed by atoms with Crippen LogP contribution in [-0.2, 0) is 4.79 Å². The lowest BCUT2D eigenvalue weighted by Crippen LogP contribution is -2.49. The van der Waals surface area contributed by atoms with Crippen molar-refractivity contribution in [3.8, 4) is 0 Å². The third kappa shape index (κ3) is 3.98. The highest BCUT2D eigenvalue weighted by Crippen LogP contribution is 2.12. The van der Waals surface area contributed by atoms with Gasteiger partial charge in [-0.1, -0.05) is 13.8 Å². The molecule has 66 valence electrons. The Morgan fingerprint density at radius 1 is 1.55 bits per heavy atom. The molecule has 1 amide bonds. The van der Waals surface area contributed by atoms with Gasteiger partial charge in [0.25, 0.3) is 0 Å². The average Bonchev–Trinajstić information content (AvgIpc) is 1.84. The van der Waals surface area contributed by atoms with Crippen LogP contribution in [0.2, 0.25) is 0 Å². The van der Waals surface area contributed by atoms with E-state index in [-0.39, 0.29) is 0 Å². The first-order valence-electron chi connectivity index (χ1n) is 3.95. The van der Waals surface area contributed by atoms with Gasteiger partial charge in [0.1, 0.15) is 0 Å². The van der Waals surface area contributed by atoms with Crippen molar-refractivity contribution in [1.82, 2.24) is 0 Å². The van der Waals surface area contributed by atoms with E-state index in [2.05, 4.69) is 13.8 Å². The standard InChI is InChI=1S/C8H18N2O/c1-6(2)4-5-8(3,10)7(9)11/h6H,4-5,10H2,1-3H3,(H2,9,11)/t8-/m0/s1. The molecule has 0 rings (SSSR count). The second kappa shape index (κ2) is 3.72. The van der Waals surface area contributed by atoms with Crippen LogP contribution in [0.25, 0.3) is 0 Å². The highest BCUT2D eigenvalue weighted by molar-refractivity contribution is 5.83. The molecule has 0 aromatic heterocycles. The maximum absolute atomic E-state index is 10.7. The van der Waals surface area contributed by atoms with Crippen molar-refractivity contribution in [1.29, 1.82) is 0 Å². The molecular weight excluding hydrogens is 140 g/mol. The van der Waals surface area contributed by atoms with Crippen LogP contribution in [0.15, 0.2) is 0 Å². The monoisotopic (exact) mass is 158 g/mol. The molecule has 0 saturated carbocycles. The van der Waals surface area contributed by atoms with Crippen LogP contribution in [-0.4, -0.2) is 11.4 Å². The zero-order valence-electron chi connectivity index (χ0n) is 7.55. The molecule has 4 N–H and O–H groups in total. The largest absolute Gasteiger partial charge is 0.368 e. The van der Waals surface area contributed by atoms with Crippen LogP contribution in [0, 0.1) is 5.92 Å². The van der Waals surface area contributed by atoms with Crippen molar-refractivity contribution in [2.24, 2.45) is 17.4 Å². The summed E-state index contributed by atoms with van der Waals surface area (Å²) in [5, 5.41) is 0. The third-order valence-electron chi connectivity index (χ3n) is 1.80. The molecule has 11 heavy (non-hydrogen) atoms. The van der Waals surface area contributed by atoms with Gasteiger partial charge in [-0.05, 0) is 25.7 Å². The summed E-state index contributed by atoms with van der Waals surface area (Å²) in [7, 11) is 0. The van der Waals surface area contributed by atoms with E-state index in [9.17, 15) is 4.79 Å². The Bertz CT molecular complexity index is 141. The molecule has 3 heteroatoms. The van der Waals surface area contributed by atoms with Crippen molar-refractivity contribution in [2.75, 3.05) is 0 Å². The fourth-order valence-electron chi connectivity index (χ4n) is 0.712. The van der Waals surface area contributed by atoms with E-state index < -0.39 is 11.4 Å². The number of primary amides is 1. The minimum Gasteiger partial charge on any atom is -0.368 e. The van der Waals surface area contributed by atoms with Gasteiger partial charge in [-0.2, -0.15) is 0 Å². The van der Waals surface area contributed by atoms with E-state index in [1.807, 2.05) is 0 Å². The second-order valence-corrected chi connectivity index (χ2v) is 3.71. The summed E-state index contributed by atoms with van der Waals surface area (Å²) < 4.78 is 0. The Morgan fingerprint density at radius 2 is 2.00 bits per heavy atom. The van der Waals surface area contributed by atoms with Gasteiger partial charge in [-0.3, -0.25) is 4.79 Å². The molecule has 0 unspecified atom stereocenters. The van der Waals surface area contributed by atoms with Gasteiger partial charge in [0, 0.05) is 0 Å². The first kappa shape index (κ1) is 10.4. The van der Waals surface area contributed by atoms with Gasteiger partial charge < -0.3 is 11.5 Å². The lowest BCUT2D eigenvalue weighted by Gasteiger charge is -2.20. The van der Waals surface area contributed by atoms with E-state index in [1.165, 1.54) is 0 Å². The molecular formula is C8H18N2O. The summed E-state index contributed by atoms with van der Waals surface area (Å²) in [5.74, 6) is 0.148. The average molecular weight is 158 g/mol. The second-order valence-electron chi connectivity index (χ2n) is 3.71. The number of hydrogen-bond donors (Lipinski definition) is 2. The lowest BCUT2D eigenvalue weighted by molar-refractivity contribution is -0.122. The van der Waals surface area contributed by atoms with E-state index in [4.69, 9.17) is 11.5 Å². The van der Waals surface area contributed by atoms with Crippen LogP contribution in [0.1, 0.15) is 33.6 Å². The predicted octanol–water partition coefficient (Wildman–Crippen LogP) is 0.625. The van der Waals surface area contributed by atoms with Gasteiger partial charge in [0.15, 0.2) is 0 Å². The molecule has 3 nitrogen and oxygen atoms in total. The molecule has 0 radical (unpaired) electrons. The van der Waals surface area contributed by atoms with Crippen LogP contribution in [0.5, 0.6) is 0 Å². The molecule has 0 saturated heterocycles. The molecule has 0 fully saturated rings. The molecule has 0 aromatic carbocycles. The normalized spacial score (nSPS) is 16.5. The van der Waals surface area contributed by atoms with Gasteiger partial charge >= 0.3 is 0 Å². The van der Waals surface area contributed by atoms with E-state index in [0.717, 1.165) is 6.42 Å². The number of hydrogen-bond acceptors (Lipinski definition) is 2. The fourth-order valence-corrected chi connectivity index (χ4v) is 0.712. The zero-order chi connectivity index (χ0) is 9.07. The van der Waals surface area contributed by atoms with Crippen molar-refractivity contribution in [2.45, 2.75) is 39.2 Å². The Kier molecular flexibility index (Phi) is 3.52. The number of rotatable bonds is 4. The summed E-state index contributed by atoms with van der Waals surface area (Å²) in [6.45, 7) is 5.87. The molecule has 0 spiro atoms. The van der Waals surface area contributed by atoms with Crippen LogP contribution in [0.3, 0.4) is 0 Å². The molecule has 0 aromatic rings. The van der Waals surface area contributed by atoms with Gasteiger partial charge in [-0.15, -0.1) is 0 Å². The topological polar surface area (TPSA) is 69.1 Å².